The maximum Gasteiger partial charge on any atom is 0.326 e. The lowest BCUT2D eigenvalue weighted by Gasteiger charge is -2.23. The molecule has 1 aliphatic heterocycles. The Morgan fingerprint density at radius 3 is 2.44 bits per heavy atom. The van der Waals surface area contributed by atoms with Crippen LogP contribution in [0.25, 0.3) is 0 Å². The third kappa shape index (κ3) is 5.01. The number of hydrogen-bond donors (Lipinski definition) is 4. The standard InChI is InChI=1S/C10H18N2O5S/c13-4-1-8(9(14)15)12-10(16)11-7-2-5-18(17)6-3-7/h7-8,13H,1-6H2,(H,14,15)(H2,11,12,16)/t7?,8-,18?/m1/s1. The number of nitrogens with one attached hydrogen (secondary N) is 2. The van der Waals surface area contributed by atoms with Crippen LogP contribution in [0.2, 0.25) is 0 Å². The summed E-state index contributed by atoms with van der Waals surface area (Å²) in [4.78, 5) is 22.3. The fourth-order valence-electron chi connectivity index (χ4n) is 1.71. The Morgan fingerprint density at radius 2 is 1.94 bits per heavy atom. The van der Waals surface area contributed by atoms with Crippen LogP contribution < -0.4 is 10.6 Å². The molecule has 0 bridgehead atoms. The number of carboxylic acids is 1. The second-order valence-electron chi connectivity index (χ2n) is 4.14. The van der Waals surface area contributed by atoms with Gasteiger partial charge in [-0.3, -0.25) is 4.21 Å². The maximum absolute atomic E-state index is 11.5. The van der Waals surface area contributed by atoms with Gasteiger partial charge in [0.05, 0.1) is 0 Å². The van der Waals surface area contributed by atoms with Gasteiger partial charge < -0.3 is 20.8 Å². The minimum atomic E-state index is -1.18. The van der Waals surface area contributed by atoms with Crippen LogP contribution in [0.4, 0.5) is 4.79 Å². The molecular formula is C10H18N2O5S. The largest absolute Gasteiger partial charge is 0.480 e. The monoisotopic (exact) mass is 278 g/mol. The molecule has 0 unspecified atom stereocenters. The molecular weight excluding hydrogens is 260 g/mol. The van der Waals surface area contributed by atoms with E-state index in [1.807, 2.05) is 0 Å². The molecule has 1 saturated heterocycles. The highest BCUT2D eigenvalue weighted by atomic mass is 32.2. The van der Waals surface area contributed by atoms with Gasteiger partial charge in [0.15, 0.2) is 0 Å². The molecule has 1 rings (SSSR count). The van der Waals surface area contributed by atoms with Crippen molar-refractivity contribution < 1.29 is 24.0 Å². The zero-order chi connectivity index (χ0) is 13.5. The zero-order valence-corrected chi connectivity index (χ0v) is 10.7. The van der Waals surface area contributed by atoms with Gasteiger partial charge in [0.25, 0.3) is 0 Å². The number of carbonyl (C=O) groups is 2. The molecule has 18 heavy (non-hydrogen) atoms. The van der Waals surface area contributed by atoms with Gasteiger partial charge in [-0.1, -0.05) is 0 Å². The summed E-state index contributed by atoms with van der Waals surface area (Å²) < 4.78 is 11.1. The molecule has 1 aliphatic rings. The number of urea groups is 1. The summed E-state index contributed by atoms with van der Waals surface area (Å²) in [6.07, 6.45) is 1.24. The Morgan fingerprint density at radius 1 is 1.33 bits per heavy atom. The van der Waals surface area contributed by atoms with E-state index in [1.54, 1.807) is 0 Å². The van der Waals surface area contributed by atoms with Crippen molar-refractivity contribution >= 4 is 22.8 Å². The highest BCUT2D eigenvalue weighted by Gasteiger charge is 2.23. The molecule has 0 radical (unpaired) electrons. The lowest BCUT2D eigenvalue weighted by atomic mass is 10.1. The van der Waals surface area contributed by atoms with E-state index in [2.05, 4.69) is 10.6 Å². The van der Waals surface area contributed by atoms with E-state index in [4.69, 9.17) is 10.2 Å². The van der Waals surface area contributed by atoms with Gasteiger partial charge in [0.1, 0.15) is 6.04 Å². The fourth-order valence-corrected chi connectivity index (χ4v) is 3.01. The van der Waals surface area contributed by atoms with E-state index >= 15 is 0 Å². The summed E-state index contributed by atoms with van der Waals surface area (Å²) >= 11 is 0. The topological polar surface area (TPSA) is 116 Å². The Labute approximate surface area is 107 Å². The lowest BCUT2D eigenvalue weighted by molar-refractivity contribution is -0.139. The van der Waals surface area contributed by atoms with Crippen molar-refractivity contribution in [3.63, 3.8) is 0 Å². The molecule has 0 aromatic rings. The molecule has 0 aliphatic carbocycles. The molecule has 1 heterocycles. The molecule has 4 N–H and O–H groups in total. The van der Waals surface area contributed by atoms with Gasteiger partial charge in [0, 0.05) is 41.4 Å². The number of aliphatic hydroxyl groups is 1. The summed E-state index contributed by atoms with van der Waals surface area (Å²) in [5, 5.41) is 22.4. The van der Waals surface area contributed by atoms with Crippen LogP contribution in [-0.4, -0.2) is 56.6 Å². The van der Waals surface area contributed by atoms with Crippen molar-refractivity contribution in [1.82, 2.24) is 10.6 Å². The molecule has 0 spiro atoms. The van der Waals surface area contributed by atoms with Gasteiger partial charge in [-0.25, -0.2) is 9.59 Å². The predicted molar refractivity (Wildman–Crippen MR) is 65.7 cm³/mol. The van der Waals surface area contributed by atoms with Gasteiger partial charge in [0.2, 0.25) is 0 Å². The number of aliphatic hydroxyl groups excluding tert-OH is 1. The van der Waals surface area contributed by atoms with Gasteiger partial charge in [-0.15, -0.1) is 0 Å². The normalized spacial score (nSPS) is 25.2. The van der Waals surface area contributed by atoms with Crippen LogP contribution in [0.5, 0.6) is 0 Å². The molecule has 2 amide bonds. The van der Waals surface area contributed by atoms with E-state index in [-0.39, 0.29) is 19.1 Å². The van der Waals surface area contributed by atoms with E-state index in [0.717, 1.165) is 0 Å². The number of amides is 2. The molecule has 8 heteroatoms. The predicted octanol–water partition coefficient (Wildman–Crippen LogP) is -0.968. The van der Waals surface area contributed by atoms with E-state index < -0.39 is 28.8 Å². The second kappa shape index (κ2) is 7.32. The highest BCUT2D eigenvalue weighted by molar-refractivity contribution is 7.85. The number of aliphatic carboxylic acids is 1. The first-order valence-corrected chi connectivity index (χ1v) is 7.27. The first-order chi connectivity index (χ1) is 8.52. The minimum absolute atomic E-state index is 0.0303. The Bertz CT molecular complexity index is 326. The molecule has 0 saturated carbocycles. The Kier molecular flexibility index (Phi) is 6.06. The molecule has 0 aromatic carbocycles. The smallest absolute Gasteiger partial charge is 0.326 e. The van der Waals surface area contributed by atoms with Crippen molar-refractivity contribution in [2.24, 2.45) is 0 Å². The van der Waals surface area contributed by atoms with Crippen LogP contribution in [0.3, 0.4) is 0 Å². The number of carboxylic acid groups (broad SMARTS) is 1. The fraction of sp³-hybridized carbons (Fsp3) is 0.800. The van der Waals surface area contributed by atoms with Crippen LogP contribution in [-0.2, 0) is 15.6 Å². The van der Waals surface area contributed by atoms with Crippen LogP contribution >= 0.6 is 0 Å². The number of carbonyl (C=O) groups excluding carboxylic acids is 1. The van der Waals surface area contributed by atoms with Crippen molar-refractivity contribution in [3.05, 3.63) is 0 Å². The third-order valence-electron chi connectivity index (χ3n) is 2.74. The van der Waals surface area contributed by atoms with Crippen LogP contribution in [0, 0.1) is 0 Å². The van der Waals surface area contributed by atoms with Crippen molar-refractivity contribution in [3.8, 4) is 0 Å². The summed E-state index contributed by atoms with van der Waals surface area (Å²) in [7, 11) is -0.796. The molecule has 1 atom stereocenters. The van der Waals surface area contributed by atoms with Crippen LogP contribution in [0.1, 0.15) is 19.3 Å². The number of hydrogen-bond acceptors (Lipinski definition) is 4. The maximum atomic E-state index is 11.5. The zero-order valence-electron chi connectivity index (χ0n) is 9.92. The van der Waals surface area contributed by atoms with Crippen molar-refractivity contribution in [1.29, 1.82) is 0 Å². The first kappa shape index (κ1) is 14.9. The highest BCUT2D eigenvalue weighted by Crippen LogP contribution is 2.08. The minimum Gasteiger partial charge on any atom is -0.480 e. The molecule has 0 aromatic heterocycles. The van der Waals surface area contributed by atoms with Crippen LogP contribution in [0.15, 0.2) is 0 Å². The molecule has 104 valence electrons. The SMILES string of the molecule is O=C(NC1CCS(=O)CC1)N[C@H](CCO)C(=O)O. The average Bonchev–Trinajstić information content (AvgIpc) is 2.31. The van der Waals surface area contributed by atoms with Crippen molar-refractivity contribution in [2.75, 3.05) is 18.1 Å². The Hall–Kier alpha value is -1.15. The van der Waals surface area contributed by atoms with Crippen molar-refractivity contribution in [2.45, 2.75) is 31.3 Å². The third-order valence-corrected chi connectivity index (χ3v) is 4.13. The summed E-state index contributed by atoms with van der Waals surface area (Å²) in [6, 6.07) is -1.72. The molecule has 1 fully saturated rings. The second-order valence-corrected chi connectivity index (χ2v) is 5.84. The first-order valence-electron chi connectivity index (χ1n) is 5.78. The van der Waals surface area contributed by atoms with Gasteiger partial charge in [-0.05, 0) is 12.8 Å². The quantitative estimate of drug-likeness (QED) is 0.516. The molecule has 7 nitrogen and oxygen atoms in total. The van der Waals surface area contributed by atoms with E-state index in [1.165, 1.54) is 0 Å². The summed E-state index contributed by atoms with van der Waals surface area (Å²) in [5.74, 6) is -0.0580. The van der Waals surface area contributed by atoms with E-state index in [9.17, 15) is 13.8 Å². The van der Waals surface area contributed by atoms with E-state index in [0.29, 0.717) is 24.3 Å². The Balaban J connectivity index is 2.35. The summed E-state index contributed by atoms with van der Waals surface area (Å²) in [5.41, 5.74) is 0. The van der Waals surface area contributed by atoms with Gasteiger partial charge >= 0.3 is 12.0 Å². The lowest BCUT2D eigenvalue weighted by Crippen LogP contribution is -2.50. The van der Waals surface area contributed by atoms with Gasteiger partial charge in [-0.2, -0.15) is 0 Å². The average molecular weight is 278 g/mol. The number of rotatable bonds is 5. The summed E-state index contributed by atoms with van der Waals surface area (Å²) in [6.45, 7) is -0.306.